The SMILES string of the molecule is O=C1NC2(CCN(CCc3ccc(Cl)cc3)CC2)Nc2ccccc21. The number of rotatable bonds is 3. The van der Waals surface area contributed by atoms with Gasteiger partial charge < -0.3 is 15.5 Å². The van der Waals surface area contributed by atoms with E-state index in [1.54, 1.807) is 0 Å². The van der Waals surface area contributed by atoms with E-state index in [2.05, 4.69) is 27.7 Å². The summed E-state index contributed by atoms with van der Waals surface area (Å²) in [5, 5.41) is 7.55. The van der Waals surface area contributed by atoms with E-state index in [-0.39, 0.29) is 11.6 Å². The summed E-state index contributed by atoms with van der Waals surface area (Å²) in [4.78, 5) is 14.9. The maximum Gasteiger partial charge on any atom is 0.255 e. The third kappa shape index (κ3) is 3.51. The lowest BCUT2D eigenvalue weighted by Crippen LogP contribution is -2.62. The number of carbonyl (C=O) groups is 1. The first-order valence-electron chi connectivity index (χ1n) is 8.80. The van der Waals surface area contributed by atoms with Gasteiger partial charge in [-0.15, -0.1) is 0 Å². The van der Waals surface area contributed by atoms with E-state index in [1.165, 1.54) is 5.56 Å². The first-order chi connectivity index (χ1) is 12.1. The van der Waals surface area contributed by atoms with Gasteiger partial charge in [0.1, 0.15) is 5.66 Å². The molecule has 0 saturated carbocycles. The molecule has 2 aromatic rings. The summed E-state index contributed by atoms with van der Waals surface area (Å²) in [6.07, 6.45) is 2.84. The van der Waals surface area contributed by atoms with Gasteiger partial charge in [-0.1, -0.05) is 35.9 Å². The van der Waals surface area contributed by atoms with Crippen molar-refractivity contribution >= 4 is 23.2 Å². The van der Waals surface area contributed by atoms with Gasteiger partial charge >= 0.3 is 0 Å². The van der Waals surface area contributed by atoms with Crippen molar-refractivity contribution in [3.05, 3.63) is 64.7 Å². The average molecular weight is 356 g/mol. The summed E-state index contributed by atoms with van der Waals surface area (Å²) in [6, 6.07) is 15.8. The first kappa shape index (κ1) is 16.4. The number of fused-ring (bicyclic) bond motifs is 1. The van der Waals surface area contributed by atoms with Crippen LogP contribution in [0.15, 0.2) is 48.5 Å². The zero-order valence-electron chi connectivity index (χ0n) is 14.1. The Kier molecular flexibility index (Phi) is 4.40. The van der Waals surface area contributed by atoms with Crippen LogP contribution in [0.25, 0.3) is 0 Å². The lowest BCUT2D eigenvalue weighted by atomic mass is 9.92. The van der Waals surface area contributed by atoms with E-state index in [4.69, 9.17) is 11.6 Å². The minimum Gasteiger partial charge on any atom is -0.362 e. The first-order valence-corrected chi connectivity index (χ1v) is 9.18. The summed E-state index contributed by atoms with van der Waals surface area (Å²) in [5.74, 6) is 0.0314. The van der Waals surface area contributed by atoms with Crippen LogP contribution in [0.1, 0.15) is 28.8 Å². The molecular weight excluding hydrogens is 334 g/mol. The molecule has 0 aliphatic carbocycles. The number of likely N-dealkylation sites (tertiary alicyclic amines) is 1. The van der Waals surface area contributed by atoms with Crippen LogP contribution in [0.2, 0.25) is 5.02 Å². The second-order valence-corrected chi connectivity index (χ2v) is 7.36. The van der Waals surface area contributed by atoms with Gasteiger partial charge in [-0.25, -0.2) is 0 Å². The summed E-state index contributed by atoms with van der Waals surface area (Å²) in [7, 11) is 0. The zero-order chi connectivity index (χ0) is 17.3. The van der Waals surface area contributed by atoms with Crippen molar-refractivity contribution in [3.63, 3.8) is 0 Å². The van der Waals surface area contributed by atoms with Gasteiger partial charge in [-0.05, 0) is 36.2 Å². The molecule has 1 fully saturated rings. The minimum atomic E-state index is -0.303. The van der Waals surface area contributed by atoms with Crippen LogP contribution in [-0.4, -0.2) is 36.1 Å². The van der Waals surface area contributed by atoms with Gasteiger partial charge in [0.05, 0.1) is 5.56 Å². The van der Waals surface area contributed by atoms with Gasteiger partial charge in [-0.3, -0.25) is 4.79 Å². The molecule has 4 nitrogen and oxygen atoms in total. The van der Waals surface area contributed by atoms with E-state index in [9.17, 15) is 4.79 Å². The fourth-order valence-electron chi connectivity index (χ4n) is 3.71. The van der Waals surface area contributed by atoms with E-state index >= 15 is 0 Å². The number of carbonyl (C=O) groups excluding carboxylic acids is 1. The predicted octanol–water partition coefficient (Wildman–Crippen LogP) is 3.53. The normalized spacial score (nSPS) is 19.2. The van der Waals surface area contributed by atoms with Crippen LogP contribution in [0.4, 0.5) is 5.69 Å². The van der Waals surface area contributed by atoms with Gasteiger partial charge in [0.15, 0.2) is 0 Å². The second-order valence-electron chi connectivity index (χ2n) is 6.92. The lowest BCUT2D eigenvalue weighted by molar-refractivity contribution is 0.0830. The Hall–Kier alpha value is -2.04. The molecule has 0 bridgehead atoms. The summed E-state index contributed by atoms with van der Waals surface area (Å²) < 4.78 is 0. The molecule has 2 aliphatic rings. The Labute approximate surface area is 153 Å². The topological polar surface area (TPSA) is 44.4 Å². The molecule has 0 atom stereocenters. The molecule has 2 N–H and O–H groups in total. The number of benzene rings is 2. The third-order valence-electron chi connectivity index (χ3n) is 5.24. The highest BCUT2D eigenvalue weighted by molar-refractivity contribution is 6.30. The molecule has 0 aromatic heterocycles. The number of piperidine rings is 1. The average Bonchev–Trinajstić information content (AvgIpc) is 2.63. The van der Waals surface area contributed by atoms with Crippen molar-refractivity contribution < 1.29 is 4.79 Å². The summed E-state index contributed by atoms with van der Waals surface area (Å²) in [5.41, 5.74) is 2.68. The zero-order valence-corrected chi connectivity index (χ0v) is 14.9. The Balaban J connectivity index is 1.35. The highest BCUT2D eigenvalue weighted by Gasteiger charge is 2.39. The van der Waals surface area contributed by atoms with Crippen molar-refractivity contribution in [2.45, 2.75) is 24.9 Å². The molecule has 0 radical (unpaired) electrons. The molecule has 5 heteroatoms. The van der Waals surface area contributed by atoms with E-state index in [1.807, 2.05) is 36.4 Å². The smallest absolute Gasteiger partial charge is 0.255 e. The molecule has 0 unspecified atom stereocenters. The van der Waals surface area contributed by atoms with Crippen molar-refractivity contribution in [3.8, 4) is 0 Å². The fourth-order valence-corrected chi connectivity index (χ4v) is 3.84. The Morgan fingerprint density at radius 3 is 2.48 bits per heavy atom. The molecule has 1 amide bonds. The number of hydrogen-bond acceptors (Lipinski definition) is 3. The van der Waals surface area contributed by atoms with E-state index in [0.717, 1.165) is 55.2 Å². The molecule has 1 spiro atoms. The third-order valence-corrected chi connectivity index (χ3v) is 5.49. The Morgan fingerprint density at radius 2 is 1.72 bits per heavy atom. The Bertz CT molecular complexity index is 767. The Morgan fingerprint density at radius 1 is 1.00 bits per heavy atom. The van der Waals surface area contributed by atoms with Gasteiger partial charge in [0, 0.05) is 43.2 Å². The number of nitrogens with one attached hydrogen (secondary N) is 2. The van der Waals surface area contributed by atoms with Crippen molar-refractivity contribution in [2.24, 2.45) is 0 Å². The van der Waals surface area contributed by atoms with Crippen LogP contribution >= 0.6 is 11.6 Å². The molecule has 4 rings (SSSR count). The number of para-hydroxylation sites is 1. The number of anilines is 1. The summed E-state index contributed by atoms with van der Waals surface area (Å²) in [6.45, 7) is 2.98. The second kappa shape index (κ2) is 6.70. The van der Waals surface area contributed by atoms with Gasteiger partial charge in [0.25, 0.3) is 5.91 Å². The number of nitrogens with zero attached hydrogens (tertiary/aromatic N) is 1. The minimum absolute atomic E-state index is 0.0314. The molecule has 2 aromatic carbocycles. The standard InChI is InChI=1S/C20H22ClN3O/c21-16-7-5-15(6-8-16)9-12-24-13-10-20(11-14-24)22-18-4-2-1-3-17(18)19(25)23-20/h1-8,22H,9-14H2,(H,23,25). The van der Waals surface area contributed by atoms with Crippen molar-refractivity contribution in [1.82, 2.24) is 10.2 Å². The fraction of sp³-hybridized carbons (Fsp3) is 0.350. The lowest BCUT2D eigenvalue weighted by Gasteiger charge is -2.46. The predicted molar refractivity (Wildman–Crippen MR) is 101 cm³/mol. The number of hydrogen-bond donors (Lipinski definition) is 2. The molecule has 1 saturated heterocycles. The largest absolute Gasteiger partial charge is 0.362 e. The molecule has 25 heavy (non-hydrogen) atoms. The number of amides is 1. The van der Waals surface area contributed by atoms with Crippen LogP contribution in [0.3, 0.4) is 0 Å². The highest BCUT2D eigenvalue weighted by Crippen LogP contribution is 2.31. The van der Waals surface area contributed by atoms with Crippen LogP contribution < -0.4 is 10.6 Å². The molecule has 130 valence electrons. The summed E-state index contributed by atoms with van der Waals surface area (Å²) >= 11 is 5.94. The van der Waals surface area contributed by atoms with Crippen LogP contribution in [0, 0.1) is 0 Å². The van der Waals surface area contributed by atoms with Gasteiger partial charge in [0.2, 0.25) is 0 Å². The van der Waals surface area contributed by atoms with E-state index in [0.29, 0.717) is 0 Å². The number of halogens is 1. The quantitative estimate of drug-likeness (QED) is 0.885. The van der Waals surface area contributed by atoms with Gasteiger partial charge in [-0.2, -0.15) is 0 Å². The highest BCUT2D eigenvalue weighted by atomic mass is 35.5. The molecule has 2 aliphatic heterocycles. The van der Waals surface area contributed by atoms with E-state index < -0.39 is 0 Å². The maximum atomic E-state index is 12.4. The molecule has 2 heterocycles. The monoisotopic (exact) mass is 355 g/mol. The van der Waals surface area contributed by atoms with Crippen molar-refractivity contribution in [2.75, 3.05) is 25.0 Å². The van der Waals surface area contributed by atoms with Crippen molar-refractivity contribution in [1.29, 1.82) is 0 Å². The molecular formula is C20H22ClN3O. The maximum absolute atomic E-state index is 12.4. The van der Waals surface area contributed by atoms with Crippen LogP contribution in [0.5, 0.6) is 0 Å². The van der Waals surface area contributed by atoms with Crippen LogP contribution in [-0.2, 0) is 6.42 Å².